The van der Waals surface area contributed by atoms with Gasteiger partial charge in [0, 0.05) is 6.54 Å². The first-order valence-corrected chi connectivity index (χ1v) is 4.87. The zero-order valence-electron chi connectivity index (χ0n) is 9.42. The van der Waals surface area contributed by atoms with E-state index in [-0.39, 0.29) is 24.7 Å². The normalized spacial score (nSPS) is 11.4. The summed E-state index contributed by atoms with van der Waals surface area (Å²) in [5.74, 6) is -1.20. The highest BCUT2D eigenvalue weighted by atomic mass is 35.5. The standard InChI is InChI=1S/C11H15NO4.ClH/c1-16-10-3-2-7(5-9(10)13)4-8(6-12)11(14)15;/h2-3,5,8,13H,4,6,12H2,1H3,(H,14,15);1H/t8-;/m0./s1. The Labute approximate surface area is 106 Å². The molecule has 0 aromatic heterocycles. The van der Waals surface area contributed by atoms with E-state index in [9.17, 15) is 9.90 Å². The minimum Gasteiger partial charge on any atom is -0.504 e. The van der Waals surface area contributed by atoms with Crippen LogP contribution >= 0.6 is 12.4 Å². The summed E-state index contributed by atoms with van der Waals surface area (Å²) in [5.41, 5.74) is 6.07. The molecule has 4 N–H and O–H groups in total. The maximum Gasteiger partial charge on any atom is 0.308 e. The van der Waals surface area contributed by atoms with Crippen molar-refractivity contribution in [2.24, 2.45) is 11.7 Å². The number of ether oxygens (including phenoxy) is 1. The molecule has 0 radical (unpaired) electrons. The maximum atomic E-state index is 10.8. The lowest BCUT2D eigenvalue weighted by atomic mass is 9.99. The molecule has 0 aliphatic heterocycles. The van der Waals surface area contributed by atoms with Crippen molar-refractivity contribution in [1.82, 2.24) is 0 Å². The molecular formula is C11H16ClNO4. The molecule has 1 rings (SSSR count). The zero-order chi connectivity index (χ0) is 12.1. The number of carbonyl (C=O) groups is 1. The number of carboxylic acid groups (broad SMARTS) is 1. The lowest BCUT2D eigenvalue weighted by Crippen LogP contribution is -2.25. The van der Waals surface area contributed by atoms with E-state index in [4.69, 9.17) is 15.6 Å². The lowest BCUT2D eigenvalue weighted by molar-refractivity contribution is -0.141. The van der Waals surface area contributed by atoms with Crippen molar-refractivity contribution < 1.29 is 19.7 Å². The van der Waals surface area contributed by atoms with E-state index >= 15 is 0 Å². The van der Waals surface area contributed by atoms with E-state index < -0.39 is 11.9 Å². The number of phenols is 1. The molecule has 1 aromatic carbocycles. The van der Waals surface area contributed by atoms with Crippen LogP contribution in [0.2, 0.25) is 0 Å². The summed E-state index contributed by atoms with van der Waals surface area (Å²) in [6, 6.07) is 4.80. The molecule has 6 heteroatoms. The number of hydrogen-bond donors (Lipinski definition) is 3. The van der Waals surface area contributed by atoms with E-state index in [0.29, 0.717) is 12.2 Å². The van der Waals surface area contributed by atoms with Crippen LogP contribution in [0.1, 0.15) is 5.56 Å². The van der Waals surface area contributed by atoms with Gasteiger partial charge in [-0.05, 0) is 24.1 Å². The number of phenolic OH excluding ortho intramolecular Hbond substituents is 1. The van der Waals surface area contributed by atoms with Gasteiger partial charge in [-0.25, -0.2) is 0 Å². The van der Waals surface area contributed by atoms with Crippen LogP contribution in [0.3, 0.4) is 0 Å². The Morgan fingerprint density at radius 2 is 2.18 bits per heavy atom. The molecule has 0 spiro atoms. The molecule has 0 saturated carbocycles. The largest absolute Gasteiger partial charge is 0.504 e. The second kappa shape index (κ2) is 6.98. The minimum absolute atomic E-state index is 0. The van der Waals surface area contributed by atoms with Crippen molar-refractivity contribution in [2.45, 2.75) is 6.42 Å². The SMILES string of the molecule is COc1ccc(C[C@@H](CN)C(=O)O)cc1O.Cl. The molecular weight excluding hydrogens is 246 g/mol. The fourth-order valence-electron chi connectivity index (χ4n) is 1.42. The molecule has 0 saturated heterocycles. The van der Waals surface area contributed by atoms with Crippen molar-refractivity contribution in [3.63, 3.8) is 0 Å². The molecule has 17 heavy (non-hydrogen) atoms. The van der Waals surface area contributed by atoms with Crippen molar-refractivity contribution in [1.29, 1.82) is 0 Å². The van der Waals surface area contributed by atoms with E-state index in [2.05, 4.69) is 0 Å². The van der Waals surface area contributed by atoms with Crippen molar-refractivity contribution >= 4 is 18.4 Å². The third-order valence-corrected chi connectivity index (χ3v) is 2.36. The molecule has 0 unspecified atom stereocenters. The number of hydrogen-bond acceptors (Lipinski definition) is 4. The topological polar surface area (TPSA) is 92.8 Å². The first kappa shape index (κ1) is 15.5. The molecule has 0 heterocycles. The van der Waals surface area contributed by atoms with Crippen LogP contribution in [0, 0.1) is 5.92 Å². The highest BCUT2D eigenvalue weighted by Gasteiger charge is 2.16. The number of rotatable bonds is 5. The minimum atomic E-state index is -0.933. The summed E-state index contributed by atoms with van der Waals surface area (Å²) in [5, 5.41) is 18.3. The van der Waals surface area contributed by atoms with Gasteiger partial charge in [-0.2, -0.15) is 0 Å². The van der Waals surface area contributed by atoms with Crippen LogP contribution in [0.4, 0.5) is 0 Å². The van der Waals surface area contributed by atoms with Crippen LogP contribution in [0.15, 0.2) is 18.2 Å². The van der Waals surface area contributed by atoms with E-state index in [1.165, 1.54) is 13.2 Å². The summed E-state index contributed by atoms with van der Waals surface area (Å²) in [6.07, 6.45) is 0.295. The molecule has 0 amide bonds. The van der Waals surface area contributed by atoms with E-state index in [1.54, 1.807) is 12.1 Å². The first-order valence-electron chi connectivity index (χ1n) is 4.87. The van der Waals surface area contributed by atoms with Crippen LogP contribution in [-0.2, 0) is 11.2 Å². The van der Waals surface area contributed by atoms with Crippen molar-refractivity contribution in [3.05, 3.63) is 23.8 Å². The van der Waals surface area contributed by atoms with Crippen LogP contribution in [0.25, 0.3) is 0 Å². The van der Waals surface area contributed by atoms with Gasteiger partial charge in [0.15, 0.2) is 11.5 Å². The predicted octanol–water partition coefficient (Wildman–Crippen LogP) is 1.02. The third-order valence-electron chi connectivity index (χ3n) is 2.36. The van der Waals surface area contributed by atoms with E-state index in [1.807, 2.05) is 0 Å². The molecule has 0 bridgehead atoms. The van der Waals surface area contributed by atoms with Gasteiger partial charge < -0.3 is 20.7 Å². The summed E-state index contributed by atoms with van der Waals surface area (Å²) in [7, 11) is 1.45. The highest BCUT2D eigenvalue weighted by Crippen LogP contribution is 2.27. The fraction of sp³-hybridized carbons (Fsp3) is 0.364. The average molecular weight is 262 g/mol. The second-order valence-corrected chi connectivity index (χ2v) is 3.48. The van der Waals surface area contributed by atoms with Gasteiger partial charge >= 0.3 is 5.97 Å². The number of nitrogens with two attached hydrogens (primary N) is 1. The Balaban J connectivity index is 0.00000256. The quantitative estimate of drug-likeness (QED) is 0.736. The van der Waals surface area contributed by atoms with E-state index in [0.717, 1.165) is 5.56 Å². The van der Waals surface area contributed by atoms with Crippen LogP contribution in [0.5, 0.6) is 11.5 Å². The number of carboxylic acids is 1. The smallest absolute Gasteiger partial charge is 0.308 e. The molecule has 0 aliphatic rings. The average Bonchev–Trinajstić information content (AvgIpc) is 2.25. The monoisotopic (exact) mass is 261 g/mol. The van der Waals surface area contributed by atoms with Gasteiger partial charge in [0.1, 0.15) is 0 Å². The Morgan fingerprint density at radius 3 is 2.59 bits per heavy atom. The zero-order valence-corrected chi connectivity index (χ0v) is 10.2. The Bertz CT molecular complexity index is 384. The lowest BCUT2D eigenvalue weighted by Gasteiger charge is -2.10. The second-order valence-electron chi connectivity index (χ2n) is 3.48. The number of aliphatic carboxylic acids is 1. The fourth-order valence-corrected chi connectivity index (χ4v) is 1.42. The Morgan fingerprint density at radius 1 is 1.53 bits per heavy atom. The summed E-state index contributed by atoms with van der Waals surface area (Å²) in [4.78, 5) is 10.8. The highest BCUT2D eigenvalue weighted by molar-refractivity contribution is 5.85. The molecule has 5 nitrogen and oxygen atoms in total. The van der Waals surface area contributed by atoms with Crippen LogP contribution < -0.4 is 10.5 Å². The molecule has 96 valence electrons. The number of halogens is 1. The van der Waals surface area contributed by atoms with Gasteiger partial charge in [0.25, 0.3) is 0 Å². The Kier molecular flexibility index (Phi) is 6.38. The van der Waals surface area contributed by atoms with Gasteiger partial charge in [0.2, 0.25) is 0 Å². The summed E-state index contributed by atoms with van der Waals surface area (Å²) < 4.78 is 4.89. The van der Waals surface area contributed by atoms with Crippen molar-refractivity contribution in [2.75, 3.05) is 13.7 Å². The predicted molar refractivity (Wildman–Crippen MR) is 65.8 cm³/mol. The number of aromatic hydroxyl groups is 1. The first-order chi connectivity index (χ1) is 7.58. The van der Waals surface area contributed by atoms with Gasteiger partial charge in [-0.15, -0.1) is 12.4 Å². The van der Waals surface area contributed by atoms with Gasteiger partial charge in [0.05, 0.1) is 13.0 Å². The summed E-state index contributed by atoms with van der Waals surface area (Å²) in [6.45, 7) is 0.0716. The molecule has 0 fully saturated rings. The Hall–Kier alpha value is -1.46. The summed E-state index contributed by atoms with van der Waals surface area (Å²) >= 11 is 0. The molecule has 1 aromatic rings. The maximum absolute atomic E-state index is 10.8. The van der Waals surface area contributed by atoms with Crippen molar-refractivity contribution in [3.8, 4) is 11.5 Å². The van der Waals surface area contributed by atoms with Gasteiger partial charge in [-0.3, -0.25) is 4.79 Å². The number of methoxy groups -OCH3 is 1. The van der Waals surface area contributed by atoms with Gasteiger partial charge in [-0.1, -0.05) is 6.07 Å². The van der Waals surface area contributed by atoms with Crippen LogP contribution in [-0.4, -0.2) is 29.8 Å². The molecule has 1 atom stereocenters. The molecule has 0 aliphatic carbocycles. The number of benzene rings is 1. The third kappa shape index (κ3) is 4.13.